The number of hydrogen-bond acceptors (Lipinski definition) is 5. The summed E-state index contributed by atoms with van der Waals surface area (Å²) < 4.78 is 6.42. The predicted octanol–water partition coefficient (Wildman–Crippen LogP) is 3.24. The fourth-order valence-electron chi connectivity index (χ4n) is 4.52. The van der Waals surface area contributed by atoms with E-state index in [1.165, 1.54) is 0 Å². The Kier molecular flexibility index (Phi) is 5.32. The SMILES string of the molecule is CC1(C)CC(OC2(C(=CC(=O)O)C(=O)O)C=Cc3ccccc3N2)CC(C)(C)N1. The van der Waals surface area contributed by atoms with Gasteiger partial charge in [-0.05, 0) is 58.2 Å². The highest BCUT2D eigenvalue weighted by atomic mass is 16.5. The lowest BCUT2D eigenvalue weighted by Gasteiger charge is -2.49. The van der Waals surface area contributed by atoms with Crippen LogP contribution in [0.2, 0.25) is 0 Å². The molecule has 156 valence electrons. The number of carboxylic acid groups (broad SMARTS) is 2. The van der Waals surface area contributed by atoms with Crippen LogP contribution in [0.5, 0.6) is 0 Å². The first kappa shape index (κ1) is 21.1. The normalized spacial score (nSPS) is 25.7. The quantitative estimate of drug-likeness (QED) is 0.562. The zero-order chi connectivity index (χ0) is 21.4. The number of carboxylic acids is 2. The van der Waals surface area contributed by atoms with E-state index < -0.39 is 17.7 Å². The van der Waals surface area contributed by atoms with Crippen molar-refractivity contribution in [3.05, 3.63) is 47.6 Å². The molecule has 0 saturated carbocycles. The number of rotatable bonds is 5. The van der Waals surface area contributed by atoms with Gasteiger partial charge in [-0.1, -0.05) is 24.3 Å². The van der Waals surface area contributed by atoms with Gasteiger partial charge in [0.05, 0.1) is 6.10 Å². The first-order valence-electron chi connectivity index (χ1n) is 9.63. The fraction of sp³-hybridized carbons (Fsp3) is 0.455. The summed E-state index contributed by atoms with van der Waals surface area (Å²) in [7, 11) is 0. The molecule has 4 N–H and O–H groups in total. The summed E-state index contributed by atoms with van der Waals surface area (Å²) in [6.45, 7) is 8.28. The molecular weight excluding hydrogens is 372 g/mol. The minimum atomic E-state index is -1.59. The van der Waals surface area contributed by atoms with Gasteiger partial charge < -0.3 is 25.6 Å². The molecule has 2 heterocycles. The highest BCUT2D eigenvalue weighted by Gasteiger charge is 2.46. The number of piperidine rings is 1. The van der Waals surface area contributed by atoms with Gasteiger partial charge in [0.2, 0.25) is 0 Å². The fourth-order valence-corrected chi connectivity index (χ4v) is 4.52. The van der Waals surface area contributed by atoms with Crippen LogP contribution >= 0.6 is 0 Å². The summed E-state index contributed by atoms with van der Waals surface area (Å²) in [6, 6.07) is 7.41. The van der Waals surface area contributed by atoms with Crippen LogP contribution in [0.1, 0.15) is 46.1 Å². The Morgan fingerprint density at radius 2 is 1.72 bits per heavy atom. The van der Waals surface area contributed by atoms with Gasteiger partial charge >= 0.3 is 11.9 Å². The van der Waals surface area contributed by atoms with Crippen molar-refractivity contribution in [2.45, 2.75) is 63.4 Å². The van der Waals surface area contributed by atoms with Crippen LogP contribution in [0.15, 0.2) is 42.0 Å². The summed E-state index contributed by atoms with van der Waals surface area (Å²) in [5.41, 5.74) is -0.844. The Balaban J connectivity index is 2.05. The van der Waals surface area contributed by atoms with E-state index in [9.17, 15) is 19.8 Å². The lowest BCUT2D eigenvalue weighted by atomic mass is 9.80. The number of nitrogens with one attached hydrogen (secondary N) is 2. The zero-order valence-corrected chi connectivity index (χ0v) is 17.2. The van der Waals surface area contributed by atoms with E-state index in [0.717, 1.165) is 5.56 Å². The van der Waals surface area contributed by atoms with Gasteiger partial charge in [-0.15, -0.1) is 0 Å². The molecule has 1 saturated heterocycles. The average molecular weight is 400 g/mol. The number of ether oxygens (including phenoxy) is 1. The van der Waals surface area contributed by atoms with Crippen LogP contribution in [0.3, 0.4) is 0 Å². The van der Waals surface area contributed by atoms with E-state index in [1.54, 1.807) is 12.2 Å². The summed E-state index contributed by atoms with van der Waals surface area (Å²) >= 11 is 0. The molecule has 1 unspecified atom stereocenters. The molecule has 0 radical (unpaired) electrons. The molecule has 1 atom stereocenters. The Hall–Kier alpha value is -2.64. The molecule has 0 aromatic heterocycles. The first-order valence-corrected chi connectivity index (χ1v) is 9.63. The number of anilines is 1. The molecular formula is C22H28N2O5. The Morgan fingerprint density at radius 1 is 1.10 bits per heavy atom. The standard InChI is InChI=1S/C22H28N2O5/c1-20(2)12-15(13-21(3,4)24-20)29-22(16(19(27)28)11-18(25)26)10-9-14-7-5-6-8-17(14)23-22/h5-11,15,23-24H,12-13H2,1-4H3,(H,25,26)(H,27,28). The lowest BCUT2D eigenvalue weighted by Crippen LogP contribution is -2.61. The summed E-state index contributed by atoms with van der Waals surface area (Å²) in [5, 5.41) is 25.8. The van der Waals surface area contributed by atoms with Crippen molar-refractivity contribution < 1.29 is 24.5 Å². The van der Waals surface area contributed by atoms with Gasteiger partial charge in [0.25, 0.3) is 0 Å². The molecule has 3 rings (SSSR count). The van der Waals surface area contributed by atoms with Crippen molar-refractivity contribution in [1.29, 1.82) is 0 Å². The van der Waals surface area contributed by atoms with Crippen molar-refractivity contribution in [2.24, 2.45) is 0 Å². The highest BCUT2D eigenvalue weighted by molar-refractivity contribution is 5.98. The molecule has 7 nitrogen and oxygen atoms in total. The van der Waals surface area contributed by atoms with Crippen molar-refractivity contribution >= 4 is 23.7 Å². The molecule has 29 heavy (non-hydrogen) atoms. The monoisotopic (exact) mass is 400 g/mol. The molecule has 1 aromatic rings. The van der Waals surface area contributed by atoms with Crippen molar-refractivity contribution in [3.63, 3.8) is 0 Å². The Bertz CT molecular complexity index is 871. The van der Waals surface area contributed by atoms with Crippen LogP contribution in [-0.4, -0.2) is 45.1 Å². The molecule has 1 aromatic carbocycles. The van der Waals surface area contributed by atoms with E-state index in [0.29, 0.717) is 24.6 Å². The van der Waals surface area contributed by atoms with E-state index in [2.05, 4.69) is 38.3 Å². The molecule has 0 amide bonds. The average Bonchev–Trinajstić information content (AvgIpc) is 2.56. The first-order chi connectivity index (χ1) is 13.4. The van der Waals surface area contributed by atoms with Gasteiger partial charge in [0.1, 0.15) is 5.57 Å². The van der Waals surface area contributed by atoms with Crippen LogP contribution < -0.4 is 10.6 Å². The molecule has 2 aliphatic heterocycles. The van der Waals surface area contributed by atoms with Crippen LogP contribution in [0.4, 0.5) is 5.69 Å². The maximum absolute atomic E-state index is 12.0. The van der Waals surface area contributed by atoms with Crippen molar-refractivity contribution in [3.8, 4) is 0 Å². The van der Waals surface area contributed by atoms with Gasteiger partial charge in [-0.3, -0.25) is 0 Å². The Morgan fingerprint density at radius 3 is 2.31 bits per heavy atom. The number of para-hydroxylation sites is 1. The lowest BCUT2D eigenvalue weighted by molar-refractivity contribution is -0.139. The topological polar surface area (TPSA) is 108 Å². The molecule has 0 bridgehead atoms. The van der Waals surface area contributed by atoms with Gasteiger partial charge in [-0.2, -0.15) is 0 Å². The smallest absolute Gasteiger partial charge is 0.337 e. The van der Waals surface area contributed by atoms with Crippen LogP contribution in [0, 0.1) is 0 Å². The second kappa shape index (κ2) is 7.31. The summed E-state index contributed by atoms with van der Waals surface area (Å²) in [6.07, 6.45) is 5.07. The van der Waals surface area contributed by atoms with Gasteiger partial charge in [0, 0.05) is 22.8 Å². The van der Waals surface area contributed by atoms with E-state index in [-0.39, 0.29) is 22.8 Å². The molecule has 7 heteroatoms. The summed E-state index contributed by atoms with van der Waals surface area (Å²) in [4.78, 5) is 23.4. The minimum absolute atomic E-state index is 0.218. The Labute approximate surface area is 170 Å². The third kappa shape index (κ3) is 4.68. The van der Waals surface area contributed by atoms with Crippen LogP contribution in [-0.2, 0) is 14.3 Å². The number of fused-ring (bicyclic) bond motifs is 1. The van der Waals surface area contributed by atoms with E-state index in [4.69, 9.17) is 4.74 Å². The third-order valence-electron chi connectivity index (χ3n) is 5.18. The predicted molar refractivity (Wildman–Crippen MR) is 111 cm³/mol. The third-order valence-corrected chi connectivity index (χ3v) is 5.18. The number of benzene rings is 1. The molecule has 1 fully saturated rings. The number of aliphatic carboxylic acids is 2. The van der Waals surface area contributed by atoms with Gasteiger partial charge in [-0.25, -0.2) is 9.59 Å². The van der Waals surface area contributed by atoms with Crippen molar-refractivity contribution in [1.82, 2.24) is 5.32 Å². The number of carbonyl (C=O) groups is 2. The van der Waals surface area contributed by atoms with Crippen molar-refractivity contribution in [2.75, 3.05) is 5.32 Å². The maximum atomic E-state index is 12.0. The minimum Gasteiger partial charge on any atom is -0.478 e. The summed E-state index contributed by atoms with van der Waals surface area (Å²) in [5.74, 6) is -2.69. The highest BCUT2D eigenvalue weighted by Crippen LogP contribution is 2.39. The molecule has 2 aliphatic rings. The largest absolute Gasteiger partial charge is 0.478 e. The molecule has 0 aliphatic carbocycles. The second-order valence-corrected chi connectivity index (χ2v) is 9.02. The second-order valence-electron chi connectivity index (χ2n) is 9.02. The number of hydrogen-bond donors (Lipinski definition) is 4. The van der Waals surface area contributed by atoms with Crippen LogP contribution in [0.25, 0.3) is 6.08 Å². The van der Waals surface area contributed by atoms with E-state index >= 15 is 0 Å². The van der Waals surface area contributed by atoms with Gasteiger partial charge in [0.15, 0.2) is 5.72 Å². The van der Waals surface area contributed by atoms with E-state index in [1.807, 2.05) is 24.3 Å². The maximum Gasteiger partial charge on any atom is 0.337 e. The molecule has 0 spiro atoms. The zero-order valence-electron chi connectivity index (χ0n) is 17.2.